The lowest BCUT2D eigenvalue weighted by molar-refractivity contribution is -0.385. The fourth-order valence-corrected chi connectivity index (χ4v) is 1.45. The van der Waals surface area contributed by atoms with Crippen molar-refractivity contribution >= 4 is 11.7 Å². The number of nitrogens with zero attached hydrogens (tertiary/aromatic N) is 5. The van der Waals surface area contributed by atoms with Crippen LogP contribution in [0, 0.1) is 21.4 Å². The molecule has 1 N–H and O–H groups in total. The first-order chi connectivity index (χ1) is 9.04. The third kappa shape index (κ3) is 2.09. The summed E-state index contributed by atoms with van der Waals surface area (Å²) in [6.07, 6.45) is 3.39. The summed E-state index contributed by atoms with van der Waals surface area (Å²) in [7, 11) is 0. The predicted octanol–water partition coefficient (Wildman–Crippen LogP) is 0.745. The van der Waals surface area contributed by atoms with E-state index in [1.54, 1.807) is 6.07 Å². The second-order valence-corrected chi connectivity index (χ2v) is 3.37. The van der Waals surface area contributed by atoms with Crippen LogP contribution < -0.4 is 0 Å². The minimum absolute atomic E-state index is 0.163. The maximum atomic E-state index is 11.0. The SMILES string of the molecule is N#Cc1ccnc(-n2cnc(C(=O)O)c2)c1[N+](=O)[O-]. The average Bonchev–Trinajstić information content (AvgIpc) is 2.87. The molecule has 0 saturated carbocycles. The molecular weight excluding hydrogens is 254 g/mol. The summed E-state index contributed by atoms with van der Waals surface area (Å²) < 4.78 is 1.09. The Labute approximate surface area is 105 Å². The van der Waals surface area contributed by atoms with Crippen LogP contribution in [0.2, 0.25) is 0 Å². The monoisotopic (exact) mass is 259 g/mol. The lowest BCUT2D eigenvalue weighted by Crippen LogP contribution is -2.03. The quantitative estimate of drug-likeness (QED) is 0.634. The van der Waals surface area contributed by atoms with Gasteiger partial charge in [0, 0.05) is 12.4 Å². The van der Waals surface area contributed by atoms with Crippen LogP contribution in [-0.4, -0.2) is 30.5 Å². The molecule has 0 spiro atoms. The molecule has 0 atom stereocenters. The lowest BCUT2D eigenvalue weighted by Gasteiger charge is -2.02. The van der Waals surface area contributed by atoms with Gasteiger partial charge in [0.25, 0.3) is 0 Å². The van der Waals surface area contributed by atoms with Gasteiger partial charge in [-0.15, -0.1) is 0 Å². The molecule has 9 heteroatoms. The topological polar surface area (TPSA) is 135 Å². The van der Waals surface area contributed by atoms with Crippen molar-refractivity contribution in [3.05, 3.63) is 46.2 Å². The van der Waals surface area contributed by atoms with Gasteiger partial charge < -0.3 is 5.11 Å². The molecule has 19 heavy (non-hydrogen) atoms. The van der Waals surface area contributed by atoms with Crippen molar-refractivity contribution in [2.24, 2.45) is 0 Å². The number of hydrogen-bond donors (Lipinski definition) is 1. The van der Waals surface area contributed by atoms with Crippen molar-refractivity contribution in [3.8, 4) is 11.9 Å². The van der Waals surface area contributed by atoms with E-state index in [2.05, 4.69) is 9.97 Å². The Kier molecular flexibility index (Phi) is 2.91. The number of hydrogen-bond acceptors (Lipinski definition) is 6. The van der Waals surface area contributed by atoms with Gasteiger partial charge >= 0.3 is 11.7 Å². The minimum atomic E-state index is -1.27. The van der Waals surface area contributed by atoms with Gasteiger partial charge in [-0.3, -0.25) is 14.7 Å². The number of carboxylic acids is 1. The number of imidazole rings is 1. The number of rotatable bonds is 3. The Bertz CT molecular complexity index is 715. The van der Waals surface area contributed by atoms with Gasteiger partial charge in [0.2, 0.25) is 5.82 Å². The van der Waals surface area contributed by atoms with Gasteiger partial charge in [0.15, 0.2) is 5.69 Å². The molecule has 0 aliphatic heterocycles. The molecule has 0 radical (unpaired) electrons. The standard InChI is InChI=1S/C10H5N5O4/c11-3-6-1-2-12-9(8(6)15(18)19)14-4-7(10(16)17)13-5-14/h1-2,4-5H,(H,16,17). The molecule has 94 valence electrons. The number of carboxylic acid groups (broad SMARTS) is 1. The Morgan fingerprint density at radius 2 is 2.26 bits per heavy atom. The number of nitro groups is 1. The minimum Gasteiger partial charge on any atom is -0.476 e. The molecule has 0 bridgehead atoms. The lowest BCUT2D eigenvalue weighted by atomic mass is 10.2. The highest BCUT2D eigenvalue weighted by Gasteiger charge is 2.23. The number of aromatic carboxylic acids is 1. The van der Waals surface area contributed by atoms with Crippen molar-refractivity contribution in [2.75, 3.05) is 0 Å². The summed E-state index contributed by atoms with van der Waals surface area (Å²) in [6.45, 7) is 0. The van der Waals surface area contributed by atoms with Gasteiger partial charge in [-0.2, -0.15) is 5.26 Å². The van der Waals surface area contributed by atoms with E-state index < -0.39 is 16.6 Å². The fraction of sp³-hybridized carbons (Fsp3) is 0. The Hall–Kier alpha value is -3.28. The van der Waals surface area contributed by atoms with Crippen molar-refractivity contribution in [3.63, 3.8) is 0 Å². The van der Waals surface area contributed by atoms with E-state index in [0.717, 1.165) is 17.1 Å². The number of carbonyl (C=O) groups is 1. The van der Waals surface area contributed by atoms with Crippen molar-refractivity contribution < 1.29 is 14.8 Å². The first kappa shape index (κ1) is 12.2. The molecule has 0 aliphatic carbocycles. The van der Waals surface area contributed by atoms with Crippen LogP contribution in [0.15, 0.2) is 24.8 Å². The molecule has 2 rings (SSSR count). The van der Waals surface area contributed by atoms with Crippen molar-refractivity contribution in [2.45, 2.75) is 0 Å². The maximum Gasteiger partial charge on any atom is 0.356 e. The Balaban J connectivity index is 2.65. The molecular formula is C10H5N5O4. The van der Waals surface area contributed by atoms with Crippen molar-refractivity contribution in [1.82, 2.24) is 14.5 Å². The van der Waals surface area contributed by atoms with Crippen LogP contribution in [0.4, 0.5) is 5.69 Å². The summed E-state index contributed by atoms with van der Waals surface area (Å²) in [5.74, 6) is -1.43. The molecule has 0 aliphatic rings. The van der Waals surface area contributed by atoms with Gasteiger partial charge in [0.1, 0.15) is 18.0 Å². The normalized spacial score (nSPS) is 9.84. The zero-order valence-corrected chi connectivity index (χ0v) is 9.22. The van der Waals surface area contributed by atoms with E-state index in [4.69, 9.17) is 10.4 Å². The van der Waals surface area contributed by atoms with E-state index in [1.807, 2.05) is 0 Å². The molecule has 0 aromatic carbocycles. The molecule has 0 saturated heterocycles. The smallest absolute Gasteiger partial charge is 0.356 e. The van der Waals surface area contributed by atoms with Gasteiger partial charge in [-0.25, -0.2) is 14.8 Å². The second kappa shape index (κ2) is 4.53. The predicted molar refractivity (Wildman–Crippen MR) is 59.7 cm³/mol. The second-order valence-electron chi connectivity index (χ2n) is 3.37. The molecule has 0 amide bonds. The average molecular weight is 259 g/mol. The van der Waals surface area contributed by atoms with E-state index in [0.29, 0.717) is 0 Å². The summed E-state index contributed by atoms with van der Waals surface area (Å²) in [5.41, 5.74) is -0.946. The molecule has 2 aromatic rings. The Morgan fingerprint density at radius 1 is 1.53 bits per heavy atom. The zero-order valence-electron chi connectivity index (χ0n) is 9.22. The van der Waals surface area contributed by atoms with Gasteiger partial charge in [-0.1, -0.05) is 0 Å². The Morgan fingerprint density at radius 3 is 2.79 bits per heavy atom. The van der Waals surface area contributed by atoms with Crippen LogP contribution in [-0.2, 0) is 0 Å². The molecule has 2 aromatic heterocycles. The van der Waals surface area contributed by atoms with Crippen LogP contribution in [0.5, 0.6) is 0 Å². The maximum absolute atomic E-state index is 11.0. The molecule has 2 heterocycles. The summed E-state index contributed by atoms with van der Waals surface area (Å²) in [4.78, 5) is 28.3. The third-order valence-electron chi connectivity index (χ3n) is 2.25. The summed E-state index contributed by atoms with van der Waals surface area (Å²) >= 11 is 0. The number of aromatic nitrogens is 3. The first-order valence-electron chi connectivity index (χ1n) is 4.85. The number of nitriles is 1. The van der Waals surface area contributed by atoms with Crippen molar-refractivity contribution in [1.29, 1.82) is 5.26 Å². The van der Waals surface area contributed by atoms with Crippen LogP contribution in [0.25, 0.3) is 5.82 Å². The van der Waals surface area contributed by atoms with Crippen LogP contribution in [0.1, 0.15) is 16.1 Å². The highest BCUT2D eigenvalue weighted by atomic mass is 16.6. The molecule has 0 fully saturated rings. The fourth-order valence-electron chi connectivity index (χ4n) is 1.45. The van der Waals surface area contributed by atoms with E-state index in [-0.39, 0.29) is 17.1 Å². The summed E-state index contributed by atoms with van der Waals surface area (Å²) in [5, 5.41) is 28.6. The van der Waals surface area contributed by atoms with Crippen LogP contribution >= 0.6 is 0 Å². The highest BCUT2D eigenvalue weighted by Crippen LogP contribution is 2.24. The van der Waals surface area contributed by atoms with Gasteiger partial charge in [0.05, 0.1) is 4.92 Å². The van der Waals surface area contributed by atoms with E-state index in [1.165, 1.54) is 12.3 Å². The van der Waals surface area contributed by atoms with E-state index >= 15 is 0 Å². The number of pyridine rings is 1. The summed E-state index contributed by atoms with van der Waals surface area (Å²) in [6, 6.07) is 2.89. The highest BCUT2D eigenvalue weighted by molar-refractivity contribution is 5.85. The largest absolute Gasteiger partial charge is 0.476 e. The first-order valence-corrected chi connectivity index (χ1v) is 4.85. The molecule has 9 nitrogen and oxygen atoms in total. The third-order valence-corrected chi connectivity index (χ3v) is 2.25. The van der Waals surface area contributed by atoms with Gasteiger partial charge in [-0.05, 0) is 6.07 Å². The van der Waals surface area contributed by atoms with E-state index in [9.17, 15) is 14.9 Å². The molecule has 0 unspecified atom stereocenters. The van der Waals surface area contributed by atoms with Crippen LogP contribution in [0.3, 0.4) is 0 Å². The zero-order chi connectivity index (χ0) is 14.0.